The molecule has 4 nitrogen and oxygen atoms in total. The minimum absolute atomic E-state index is 0.0109. The molecule has 0 unspecified atom stereocenters. The Kier molecular flexibility index (Phi) is 3.48. The first kappa shape index (κ1) is 10.2. The molecule has 0 saturated carbocycles. The molecule has 0 radical (unpaired) electrons. The van der Waals surface area contributed by atoms with E-state index in [1.54, 1.807) is 4.68 Å². The van der Waals surface area contributed by atoms with Crippen LogP contribution in [0, 0.1) is 6.92 Å². The van der Waals surface area contributed by atoms with Crippen molar-refractivity contribution in [2.24, 2.45) is 7.05 Å². The second-order valence-electron chi connectivity index (χ2n) is 2.82. The van der Waals surface area contributed by atoms with E-state index >= 15 is 0 Å². The van der Waals surface area contributed by atoms with Crippen molar-refractivity contribution in [3.63, 3.8) is 0 Å². The summed E-state index contributed by atoms with van der Waals surface area (Å²) in [7, 11) is 1.86. The Morgan fingerprint density at radius 3 is 2.92 bits per heavy atom. The fraction of sp³-hybridized carbons (Fsp3) is 0.500. The molecule has 1 aromatic rings. The molecule has 0 atom stereocenters. The molecule has 0 aliphatic carbocycles. The van der Waals surface area contributed by atoms with Crippen LogP contribution in [0.3, 0.4) is 0 Å². The third-order valence-corrected chi connectivity index (χ3v) is 2.22. The van der Waals surface area contributed by atoms with Gasteiger partial charge in [-0.05, 0) is 6.92 Å². The first-order chi connectivity index (χ1) is 6.13. The molecule has 0 aliphatic rings. The number of amides is 1. The second kappa shape index (κ2) is 4.41. The number of carbonyl (C=O) groups is 1. The molecule has 1 heterocycles. The Morgan fingerprint density at radius 2 is 2.46 bits per heavy atom. The van der Waals surface area contributed by atoms with Crippen LogP contribution in [-0.2, 0) is 18.4 Å². The number of aromatic nitrogens is 2. The Balaban J connectivity index is 2.54. The zero-order chi connectivity index (χ0) is 9.84. The maximum Gasteiger partial charge on any atom is 0.230 e. The molecule has 72 valence electrons. The third-order valence-electron chi connectivity index (χ3n) is 1.71. The maximum atomic E-state index is 10.9. The van der Waals surface area contributed by atoms with Gasteiger partial charge in [0, 0.05) is 25.4 Å². The maximum absolute atomic E-state index is 10.9. The molecular weight excluding hydrogens is 234 g/mol. The lowest BCUT2D eigenvalue weighted by molar-refractivity contribution is -0.118. The average molecular weight is 246 g/mol. The highest BCUT2D eigenvalue weighted by Crippen LogP contribution is 2.03. The standard InChI is InChI=1S/C8H12BrN3O/c1-6-7(5-12(2)11-6)4-10-8(13)3-9/h5H,3-4H2,1-2H3,(H,10,13). The van der Waals surface area contributed by atoms with Crippen LogP contribution in [0.2, 0.25) is 0 Å². The monoisotopic (exact) mass is 245 g/mol. The van der Waals surface area contributed by atoms with E-state index in [9.17, 15) is 4.79 Å². The highest BCUT2D eigenvalue weighted by Gasteiger charge is 2.03. The number of hydrogen-bond donors (Lipinski definition) is 1. The summed E-state index contributed by atoms with van der Waals surface area (Å²) in [4.78, 5) is 10.9. The highest BCUT2D eigenvalue weighted by atomic mass is 79.9. The van der Waals surface area contributed by atoms with Crippen LogP contribution in [0.15, 0.2) is 6.20 Å². The van der Waals surface area contributed by atoms with Crippen molar-refractivity contribution < 1.29 is 4.79 Å². The summed E-state index contributed by atoms with van der Waals surface area (Å²) < 4.78 is 1.74. The summed E-state index contributed by atoms with van der Waals surface area (Å²) in [5.74, 6) is -0.0109. The minimum Gasteiger partial charge on any atom is -0.351 e. The Hall–Kier alpha value is -0.840. The van der Waals surface area contributed by atoms with Gasteiger partial charge in [-0.2, -0.15) is 5.10 Å². The van der Waals surface area contributed by atoms with Crippen LogP contribution < -0.4 is 5.32 Å². The molecule has 0 aromatic carbocycles. The minimum atomic E-state index is -0.0109. The van der Waals surface area contributed by atoms with Gasteiger partial charge < -0.3 is 5.32 Å². The lowest BCUT2D eigenvalue weighted by atomic mass is 10.2. The molecular formula is C8H12BrN3O. The topological polar surface area (TPSA) is 46.9 Å². The predicted octanol–water partition coefficient (Wildman–Crippen LogP) is 0.740. The summed E-state index contributed by atoms with van der Waals surface area (Å²) in [6.45, 7) is 2.47. The fourth-order valence-corrected chi connectivity index (χ4v) is 1.26. The number of rotatable bonds is 3. The van der Waals surface area contributed by atoms with Crippen LogP contribution in [0.25, 0.3) is 0 Å². The summed E-state index contributed by atoms with van der Waals surface area (Å²) in [5, 5.41) is 7.27. The highest BCUT2D eigenvalue weighted by molar-refractivity contribution is 9.09. The van der Waals surface area contributed by atoms with E-state index in [0.29, 0.717) is 11.9 Å². The number of halogens is 1. The molecule has 1 amide bonds. The van der Waals surface area contributed by atoms with E-state index in [2.05, 4.69) is 26.3 Å². The lowest BCUT2D eigenvalue weighted by Gasteiger charge is -2.00. The number of hydrogen-bond acceptors (Lipinski definition) is 2. The van der Waals surface area contributed by atoms with Crippen LogP contribution in [-0.4, -0.2) is 21.0 Å². The van der Waals surface area contributed by atoms with Crippen LogP contribution in [0.4, 0.5) is 0 Å². The number of carbonyl (C=O) groups excluding carboxylic acids is 1. The van der Waals surface area contributed by atoms with Gasteiger partial charge in [-0.25, -0.2) is 0 Å². The van der Waals surface area contributed by atoms with Gasteiger partial charge in [0.15, 0.2) is 0 Å². The zero-order valence-electron chi connectivity index (χ0n) is 7.67. The van der Waals surface area contributed by atoms with E-state index in [0.717, 1.165) is 11.3 Å². The molecule has 0 bridgehead atoms. The molecule has 0 spiro atoms. The van der Waals surface area contributed by atoms with Crippen molar-refractivity contribution in [2.45, 2.75) is 13.5 Å². The molecule has 13 heavy (non-hydrogen) atoms. The number of nitrogens with one attached hydrogen (secondary N) is 1. The van der Waals surface area contributed by atoms with E-state index < -0.39 is 0 Å². The number of alkyl halides is 1. The van der Waals surface area contributed by atoms with Gasteiger partial charge >= 0.3 is 0 Å². The first-order valence-electron chi connectivity index (χ1n) is 3.95. The van der Waals surface area contributed by atoms with Crippen LogP contribution in [0.5, 0.6) is 0 Å². The molecule has 1 rings (SSSR count). The molecule has 1 N–H and O–H groups in total. The quantitative estimate of drug-likeness (QED) is 0.799. The Morgan fingerprint density at radius 1 is 1.77 bits per heavy atom. The first-order valence-corrected chi connectivity index (χ1v) is 5.07. The van der Waals surface area contributed by atoms with E-state index in [1.807, 2.05) is 20.2 Å². The molecule has 0 saturated heterocycles. The van der Waals surface area contributed by atoms with Gasteiger partial charge in [0.05, 0.1) is 11.0 Å². The van der Waals surface area contributed by atoms with Gasteiger partial charge in [-0.3, -0.25) is 9.48 Å². The molecule has 0 fully saturated rings. The van der Waals surface area contributed by atoms with E-state index in [-0.39, 0.29) is 5.91 Å². The molecule has 1 aromatic heterocycles. The second-order valence-corrected chi connectivity index (χ2v) is 3.38. The van der Waals surface area contributed by atoms with Crippen molar-refractivity contribution in [1.82, 2.24) is 15.1 Å². The smallest absolute Gasteiger partial charge is 0.230 e. The van der Waals surface area contributed by atoms with Crippen molar-refractivity contribution in [2.75, 3.05) is 5.33 Å². The Bertz CT molecular complexity index is 308. The van der Waals surface area contributed by atoms with Gasteiger partial charge in [0.2, 0.25) is 5.91 Å². The van der Waals surface area contributed by atoms with Gasteiger partial charge in [-0.15, -0.1) is 0 Å². The van der Waals surface area contributed by atoms with E-state index in [4.69, 9.17) is 0 Å². The third kappa shape index (κ3) is 2.84. The van der Waals surface area contributed by atoms with Gasteiger partial charge in [0.1, 0.15) is 0 Å². The van der Waals surface area contributed by atoms with Crippen molar-refractivity contribution in [3.8, 4) is 0 Å². The van der Waals surface area contributed by atoms with Crippen molar-refractivity contribution in [1.29, 1.82) is 0 Å². The fourth-order valence-electron chi connectivity index (χ4n) is 1.06. The van der Waals surface area contributed by atoms with Crippen LogP contribution in [0.1, 0.15) is 11.3 Å². The largest absolute Gasteiger partial charge is 0.351 e. The van der Waals surface area contributed by atoms with Gasteiger partial charge in [0.25, 0.3) is 0 Å². The molecule has 0 aliphatic heterocycles. The average Bonchev–Trinajstić information content (AvgIpc) is 2.41. The predicted molar refractivity (Wildman–Crippen MR) is 53.6 cm³/mol. The summed E-state index contributed by atoms with van der Waals surface area (Å²) >= 11 is 3.08. The Labute approximate surface area is 85.4 Å². The summed E-state index contributed by atoms with van der Waals surface area (Å²) in [6.07, 6.45) is 1.91. The number of aryl methyl sites for hydroxylation is 2. The molecule has 5 heteroatoms. The van der Waals surface area contributed by atoms with Crippen molar-refractivity contribution in [3.05, 3.63) is 17.5 Å². The summed E-state index contributed by atoms with van der Waals surface area (Å²) in [6, 6.07) is 0. The van der Waals surface area contributed by atoms with Crippen molar-refractivity contribution >= 4 is 21.8 Å². The SMILES string of the molecule is Cc1nn(C)cc1CNC(=O)CBr. The zero-order valence-corrected chi connectivity index (χ0v) is 9.26. The number of nitrogens with zero attached hydrogens (tertiary/aromatic N) is 2. The van der Waals surface area contributed by atoms with Crippen LogP contribution >= 0.6 is 15.9 Å². The normalized spacial score (nSPS) is 10.1. The summed E-state index contributed by atoms with van der Waals surface area (Å²) in [5.41, 5.74) is 2.01. The lowest BCUT2D eigenvalue weighted by Crippen LogP contribution is -2.23. The van der Waals surface area contributed by atoms with Gasteiger partial charge in [-0.1, -0.05) is 15.9 Å². The van der Waals surface area contributed by atoms with E-state index in [1.165, 1.54) is 0 Å².